The normalized spacial score (nSPS) is 13.4. The zero-order chi connectivity index (χ0) is 20.1. The highest BCUT2D eigenvalue weighted by Crippen LogP contribution is 2.27. The molecule has 1 amide bonds. The van der Waals surface area contributed by atoms with Crippen LogP contribution in [-0.2, 0) is 6.54 Å². The Morgan fingerprint density at radius 3 is 2.46 bits per heavy atom. The van der Waals surface area contributed by atoms with Crippen molar-refractivity contribution in [2.45, 2.75) is 19.4 Å². The monoisotopic (exact) mass is 386 g/mol. The van der Waals surface area contributed by atoms with Crippen molar-refractivity contribution in [3.63, 3.8) is 0 Å². The minimum atomic E-state index is -0.240. The minimum Gasteiger partial charge on any atom is -0.493 e. The van der Waals surface area contributed by atoms with E-state index >= 15 is 0 Å². The average Bonchev–Trinajstić information content (AvgIpc) is 3.26. The Balaban J connectivity index is 1.75. The van der Waals surface area contributed by atoms with Gasteiger partial charge in [0.05, 0.1) is 20.8 Å². The van der Waals surface area contributed by atoms with Crippen molar-refractivity contribution in [2.75, 3.05) is 51.2 Å². The van der Waals surface area contributed by atoms with E-state index in [2.05, 4.69) is 25.2 Å². The fourth-order valence-corrected chi connectivity index (χ4v) is 2.97. The lowest BCUT2D eigenvalue weighted by Crippen LogP contribution is -2.27. The van der Waals surface area contributed by atoms with Crippen molar-refractivity contribution in [3.8, 4) is 11.5 Å². The molecule has 150 valence electrons. The van der Waals surface area contributed by atoms with Crippen molar-refractivity contribution in [1.29, 1.82) is 0 Å². The van der Waals surface area contributed by atoms with Crippen LogP contribution >= 0.6 is 0 Å². The Morgan fingerprint density at radius 1 is 1.11 bits per heavy atom. The number of rotatable bonds is 7. The lowest BCUT2D eigenvalue weighted by molar-refractivity contribution is 0.0949. The summed E-state index contributed by atoms with van der Waals surface area (Å²) in [5.41, 5.74) is 0.472. The van der Waals surface area contributed by atoms with E-state index in [1.54, 1.807) is 25.3 Å². The molecule has 28 heavy (non-hydrogen) atoms. The van der Waals surface area contributed by atoms with Gasteiger partial charge in [-0.05, 0) is 31.0 Å². The number of amides is 1. The number of hydrogen-bond acceptors (Lipinski definition) is 8. The van der Waals surface area contributed by atoms with Crippen LogP contribution in [0.15, 0.2) is 18.2 Å². The van der Waals surface area contributed by atoms with E-state index in [0.29, 0.717) is 34.8 Å². The number of anilines is 2. The molecule has 1 aliphatic rings. The van der Waals surface area contributed by atoms with Gasteiger partial charge < -0.3 is 24.6 Å². The molecule has 2 aromatic rings. The van der Waals surface area contributed by atoms with E-state index in [1.165, 1.54) is 7.11 Å². The Labute approximate surface area is 164 Å². The minimum absolute atomic E-state index is 0.206. The van der Waals surface area contributed by atoms with Crippen LogP contribution in [-0.4, -0.2) is 62.3 Å². The van der Waals surface area contributed by atoms with E-state index in [-0.39, 0.29) is 12.5 Å². The topological polar surface area (TPSA) is 92.7 Å². The molecule has 0 unspecified atom stereocenters. The molecule has 2 heterocycles. The highest BCUT2D eigenvalue weighted by Gasteiger charge is 2.18. The van der Waals surface area contributed by atoms with Crippen LogP contribution in [0.4, 0.5) is 11.9 Å². The smallest absolute Gasteiger partial charge is 0.251 e. The molecule has 0 saturated carbocycles. The first kappa shape index (κ1) is 19.7. The van der Waals surface area contributed by atoms with Crippen molar-refractivity contribution < 1.29 is 14.3 Å². The van der Waals surface area contributed by atoms with E-state index in [1.807, 2.05) is 19.0 Å². The van der Waals surface area contributed by atoms with E-state index in [0.717, 1.165) is 25.9 Å². The maximum Gasteiger partial charge on any atom is 0.251 e. The number of carbonyl (C=O) groups is 1. The summed E-state index contributed by atoms with van der Waals surface area (Å²) in [6, 6.07) is 5.03. The Kier molecular flexibility index (Phi) is 6.13. The molecule has 0 spiro atoms. The largest absolute Gasteiger partial charge is 0.493 e. The molecule has 1 aromatic heterocycles. The molecule has 1 fully saturated rings. The number of nitrogens with one attached hydrogen (secondary N) is 1. The molecular weight excluding hydrogens is 360 g/mol. The van der Waals surface area contributed by atoms with Crippen molar-refractivity contribution >= 4 is 17.8 Å². The molecule has 0 radical (unpaired) electrons. The molecule has 3 rings (SSSR count). The maximum atomic E-state index is 12.5. The zero-order valence-corrected chi connectivity index (χ0v) is 16.7. The summed E-state index contributed by atoms with van der Waals surface area (Å²) >= 11 is 0. The van der Waals surface area contributed by atoms with Crippen molar-refractivity contribution in [3.05, 3.63) is 29.6 Å². The van der Waals surface area contributed by atoms with E-state index < -0.39 is 0 Å². The second-order valence-corrected chi connectivity index (χ2v) is 6.69. The Morgan fingerprint density at radius 2 is 1.82 bits per heavy atom. The second kappa shape index (κ2) is 8.73. The number of nitrogens with zero attached hydrogens (tertiary/aromatic N) is 5. The van der Waals surface area contributed by atoms with Gasteiger partial charge in [-0.2, -0.15) is 15.0 Å². The summed E-state index contributed by atoms with van der Waals surface area (Å²) in [5.74, 6) is 2.59. The van der Waals surface area contributed by atoms with Gasteiger partial charge in [0, 0.05) is 32.7 Å². The molecule has 9 heteroatoms. The first-order valence-corrected chi connectivity index (χ1v) is 9.19. The molecule has 0 aliphatic carbocycles. The number of benzene rings is 1. The number of ether oxygens (including phenoxy) is 2. The van der Waals surface area contributed by atoms with Crippen LogP contribution in [0.2, 0.25) is 0 Å². The third-order valence-electron chi connectivity index (χ3n) is 4.50. The maximum absolute atomic E-state index is 12.5. The average molecular weight is 386 g/mol. The summed E-state index contributed by atoms with van der Waals surface area (Å²) in [5, 5.41) is 2.86. The predicted octanol–water partition coefficient (Wildman–Crippen LogP) is 1.48. The highest BCUT2D eigenvalue weighted by atomic mass is 16.5. The summed E-state index contributed by atoms with van der Waals surface area (Å²) in [6.07, 6.45) is 2.27. The van der Waals surface area contributed by atoms with Gasteiger partial charge in [-0.25, -0.2) is 0 Å². The molecule has 1 N–H and O–H groups in total. The SMILES string of the molecule is COc1ccc(C(=O)NCc2nc(N(C)C)nc(N3CCCC3)n2)cc1OC. The first-order valence-electron chi connectivity index (χ1n) is 9.19. The third-order valence-corrected chi connectivity index (χ3v) is 4.50. The van der Waals surface area contributed by atoms with Crippen LogP contribution in [0.25, 0.3) is 0 Å². The molecule has 1 aliphatic heterocycles. The summed E-state index contributed by atoms with van der Waals surface area (Å²) in [7, 11) is 6.86. The molecular formula is C19H26N6O3. The van der Waals surface area contributed by atoms with Crippen LogP contribution in [0, 0.1) is 0 Å². The predicted molar refractivity (Wildman–Crippen MR) is 106 cm³/mol. The van der Waals surface area contributed by atoms with Gasteiger partial charge >= 0.3 is 0 Å². The lowest BCUT2D eigenvalue weighted by Gasteiger charge is -2.19. The summed E-state index contributed by atoms with van der Waals surface area (Å²) in [4.78, 5) is 30.0. The van der Waals surface area contributed by atoms with Gasteiger partial charge in [-0.1, -0.05) is 0 Å². The molecule has 1 aromatic carbocycles. The van der Waals surface area contributed by atoms with Crippen molar-refractivity contribution in [2.24, 2.45) is 0 Å². The Bertz CT molecular complexity index is 836. The van der Waals surface area contributed by atoms with Gasteiger partial charge in [-0.15, -0.1) is 0 Å². The zero-order valence-electron chi connectivity index (χ0n) is 16.7. The number of carbonyl (C=O) groups excluding carboxylic acids is 1. The van der Waals surface area contributed by atoms with Crippen molar-refractivity contribution in [1.82, 2.24) is 20.3 Å². The fraction of sp³-hybridized carbons (Fsp3) is 0.474. The third kappa shape index (κ3) is 4.41. The van der Waals surface area contributed by atoms with Gasteiger partial charge in [0.25, 0.3) is 5.91 Å². The van der Waals surface area contributed by atoms with Gasteiger partial charge in [0.15, 0.2) is 17.3 Å². The molecule has 0 atom stereocenters. The quantitative estimate of drug-likeness (QED) is 0.765. The van der Waals surface area contributed by atoms with E-state index in [9.17, 15) is 4.79 Å². The Hall–Kier alpha value is -3.10. The van der Waals surface area contributed by atoms with Gasteiger partial charge in [-0.3, -0.25) is 4.79 Å². The summed E-state index contributed by atoms with van der Waals surface area (Å²) in [6.45, 7) is 2.08. The second-order valence-electron chi connectivity index (χ2n) is 6.69. The van der Waals surface area contributed by atoms with Crippen LogP contribution < -0.4 is 24.6 Å². The van der Waals surface area contributed by atoms with Crippen LogP contribution in [0.1, 0.15) is 29.0 Å². The van der Waals surface area contributed by atoms with E-state index in [4.69, 9.17) is 9.47 Å². The first-order chi connectivity index (χ1) is 13.5. The lowest BCUT2D eigenvalue weighted by atomic mass is 10.2. The fourth-order valence-electron chi connectivity index (χ4n) is 2.97. The molecule has 0 bridgehead atoms. The summed E-state index contributed by atoms with van der Waals surface area (Å²) < 4.78 is 10.5. The number of methoxy groups -OCH3 is 2. The molecule has 9 nitrogen and oxygen atoms in total. The standard InChI is InChI=1S/C19H26N6O3/c1-24(2)18-21-16(22-19(23-18)25-9-5-6-10-25)12-20-17(26)13-7-8-14(27-3)15(11-13)28-4/h7-8,11H,5-6,9-10,12H2,1-4H3,(H,20,26). The van der Waals surface area contributed by atoms with Gasteiger partial charge in [0.2, 0.25) is 11.9 Å². The highest BCUT2D eigenvalue weighted by molar-refractivity contribution is 5.94. The number of aromatic nitrogens is 3. The van der Waals surface area contributed by atoms with Crippen LogP contribution in [0.3, 0.4) is 0 Å². The number of hydrogen-bond donors (Lipinski definition) is 1. The molecule has 1 saturated heterocycles. The van der Waals surface area contributed by atoms with Gasteiger partial charge in [0.1, 0.15) is 0 Å². The van der Waals surface area contributed by atoms with Crippen LogP contribution in [0.5, 0.6) is 11.5 Å².